The molecule has 1 aliphatic rings. The first-order chi connectivity index (χ1) is 11.4. The summed E-state index contributed by atoms with van der Waals surface area (Å²) in [6, 6.07) is 8.17. The number of rotatable bonds is 3. The second-order valence-electron chi connectivity index (χ2n) is 5.28. The van der Waals surface area contributed by atoms with Crippen LogP contribution in [0.3, 0.4) is 0 Å². The van der Waals surface area contributed by atoms with E-state index in [4.69, 9.17) is 16.1 Å². The number of fused-ring (bicyclic) bond motifs is 3. The van der Waals surface area contributed by atoms with E-state index in [1.54, 1.807) is 24.3 Å². The topological polar surface area (TPSA) is 46.6 Å². The van der Waals surface area contributed by atoms with Gasteiger partial charge in [0, 0.05) is 29.8 Å². The molecule has 0 bridgehead atoms. The maximum atomic E-state index is 12.9. The van der Waals surface area contributed by atoms with Gasteiger partial charge in [-0.25, -0.2) is 4.57 Å². The maximum absolute atomic E-state index is 12.9. The van der Waals surface area contributed by atoms with E-state index in [-0.39, 0.29) is 23.9 Å². The predicted molar refractivity (Wildman–Crippen MR) is 84.1 cm³/mol. The van der Waals surface area contributed by atoms with Crippen LogP contribution in [0.1, 0.15) is 11.5 Å². The number of halogens is 4. The second kappa shape index (κ2) is 6.22. The van der Waals surface area contributed by atoms with Crippen molar-refractivity contribution >= 4 is 42.7 Å². The molecule has 0 aliphatic carbocycles. The summed E-state index contributed by atoms with van der Waals surface area (Å²) >= 11 is 5.92. The number of hydrogen-bond acceptors (Lipinski definition) is 3. The third kappa shape index (κ3) is 2.72. The van der Waals surface area contributed by atoms with Crippen LogP contribution in [-0.4, -0.2) is 24.5 Å². The lowest BCUT2D eigenvalue weighted by atomic mass is 9.95. The molecule has 0 N–H and O–H groups in total. The number of amides is 1. The Balaban J connectivity index is 2.26. The smallest absolute Gasteiger partial charge is 0.407 e. The molecule has 1 atom stereocenters. The number of alkyl halides is 4. The Kier molecular flexibility index (Phi) is 4.40. The third-order valence-electron chi connectivity index (χ3n) is 3.94. The highest BCUT2D eigenvalue weighted by Crippen LogP contribution is 2.46. The molecule has 1 amide bonds. The van der Waals surface area contributed by atoms with Crippen molar-refractivity contribution in [2.24, 2.45) is 0 Å². The van der Waals surface area contributed by atoms with Crippen LogP contribution in [0, 0.1) is 0 Å². The van der Waals surface area contributed by atoms with Gasteiger partial charge in [0.2, 0.25) is 0 Å². The van der Waals surface area contributed by atoms with Gasteiger partial charge in [-0.2, -0.15) is 13.2 Å². The SMILES string of the molecule is O=POc1cc2c(c3ccccc13)[C@H](CCl)CN2C(=O)C(F)(F)F. The van der Waals surface area contributed by atoms with Crippen LogP contribution in [0.2, 0.25) is 0 Å². The van der Waals surface area contributed by atoms with Crippen molar-refractivity contribution in [2.45, 2.75) is 12.1 Å². The molecule has 0 saturated carbocycles. The van der Waals surface area contributed by atoms with Gasteiger partial charge in [0.15, 0.2) is 0 Å². The number of carbonyl (C=O) groups excluding carboxylic acids is 1. The molecule has 0 spiro atoms. The summed E-state index contributed by atoms with van der Waals surface area (Å²) < 4.78 is 54.4. The highest BCUT2D eigenvalue weighted by atomic mass is 35.5. The van der Waals surface area contributed by atoms with E-state index in [9.17, 15) is 22.5 Å². The summed E-state index contributed by atoms with van der Waals surface area (Å²) in [6.07, 6.45) is -5.00. The fraction of sp³-hybridized carbons (Fsp3) is 0.267. The van der Waals surface area contributed by atoms with E-state index in [2.05, 4.69) is 0 Å². The van der Waals surface area contributed by atoms with Gasteiger partial charge in [0.25, 0.3) is 0 Å². The zero-order valence-electron chi connectivity index (χ0n) is 12.0. The lowest BCUT2D eigenvalue weighted by molar-refractivity contribution is -0.170. The van der Waals surface area contributed by atoms with E-state index in [1.807, 2.05) is 0 Å². The Labute approximate surface area is 141 Å². The molecular weight excluding hydrogens is 366 g/mol. The molecule has 0 saturated heterocycles. The minimum Gasteiger partial charge on any atom is -0.407 e. The third-order valence-corrected chi connectivity index (χ3v) is 4.58. The molecule has 1 heterocycles. The molecule has 4 nitrogen and oxygen atoms in total. The Hall–Kier alpha value is -1.85. The quantitative estimate of drug-likeness (QED) is 0.579. The first kappa shape index (κ1) is 17.0. The number of benzene rings is 2. The van der Waals surface area contributed by atoms with Gasteiger partial charge in [0.05, 0.1) is 5.69 Å². The zero-order chi connectivity index (χ0) is 17.5. The Bertz CT molecular complexity index is 827. The second-order valence-corrected chi connectivity index (χ2v) is 5.92. The van der Waals surface area contributed by atoms with Crippen LogP contribution in [0.15, 0.2) is 30.3 Å². The van der Waals surface area contributed by atoms with Crippen molar-refractivity contribution in [3.63, 3.8) is 0 Å². The van der Waals surface area contributed by atoms with Crippen LogP contribution in [-0.2, 0) is 9.36 Å². The molecule has 24 heavy (non-hydrogen) atoms. The minimum absolute atomic E-state index is 0.0681. The molecule has 0 radical (unpaired) electrons. The van der Waals surface area contributed by atoms with Crippen LogP contribution >= 0.6 is 20.3 Å². The Morgan fingerprint density at radius 2 is 2.00 bits per heavy atom. The van der Waals surface area contributed by atoms with E-state index >= 15 is 0 Å². The molecule has 9 heteroatoms. The summed E-state index contributed by atoms with van der Waals surface area (Å²) in [5, 5.41) is 1.22. The molecule has 0 unspecified atom stereocenters. The molecule has 126 valence electrons. The number of hydrogen-bond donors (Lipinski definition) is 0. The van der Waals surface area contributed by atoms with Crippen LogP contribution in [0.5, 0.6) is 5.75 Å². The highest BCUT2D eigenvalue weighted by Gasteiger charge is 2.47. The summed E-state index contributed by atoms with van der Waals surface area (Å²) in [5.41, 5.74) is 0.647. The van der Waals surface area contributed by atoms with E-state index in [1.165, 1.54) is 6.07 Å². The van der Waals surface area contributed by atoms with Gasteiger partial charge < -0.3 is 9.42 Å². The van der Waals surface area contributed by atoms with Crippen molar-refractivity contribution in [1.29, 1.82) is 0 Å². The Morgan fingerprint density at radius 3 is 2.58 bits per heavy atom. The fourth-order valence-corrected chi connectivity index (χ4v) is 3.48. The number of carbonyl (C=O) groups is 1. The highest BCUT2D eigenvalue weighted by molar-refractivity contribution is 7.17. The normalized spacial score (nSPS) is 17.3. The number of nitrogens with zero attached hydrogens (tertiary/aromatic N) is 1. The average Bonchev–Trinajstić information content (AvgIpc) is 2.92. The molecule has 0 aromatic heterocycles. The van der Waals surface area contributed by atoms with Gasteiger partial charge >= 0.3 is 20.8 Å². The molecule has 2 aromatic rings. The van der Waals surface area contributed by atoms with Gasteiger partial charge in [-0.1, -0.05) is 24.3 Å². The summed E-state index contributed by atoms with van der Waals surface area (Å²) in [6.45, 7) is -0.167. The standard InChI is InChI=1S/C15H10ClF3NO3P/c16-6-8-7-20(14(21)15(17,18)19)11-5-12(23-24-22)9-3-1-2-4-10(9)13(8)11/h1-5,8H,6-7H2/t8-/m1/s1. The summed E-state index contributed by atoms with van der Waals surface area (Å²) in [5.74, 6) is -2.19. The molecular formula is C15H10ClF3NO3P. The van der Waals surface area contributed by atoms with Gasteiger partial charge in [-0.3, -0.25) is 4.79 Å². The summed E-state index contributed by atoms with van der Waals surface area (Å²) in [4.78, 5) is 12.4. The molecule has 2 aromatic carbocycles. The van der Waals surface area contributed by atoms with Crippen LogP contribution in [0.25, 0.3) is 10.8 Å². The monoisotopic (exact) mass is 375 g/mol. The molecule has 0 fully saturated rings. The van der Waals surface area contributed by atoms with Crippen LogP contribution < -0.4 is 9.42 Å². The van der Waals surface area contributed by atoms with Crippen molar-refractivity contribution in [3.8, 4) is 5.75 Å². The van der Waals surface area contributed by atoms with Crippen molar-refractivity contribution in [2.75, 3.05) is 17.3 Å². The zero-order valence-corrected chi connectivity index (χ0v) is 13.7. The molecule has 3 rings (SSSR count). The molecule has 1 aliphatic heterocycles. The fourth-order valence-electron chi connectivity index (χ4n) is 3.00. The van der Waals surface area contributed by atoms with Crippen molar-refractivity contribution < 1.29 is 27.1 Å². The van der Waals surface area contributed by atoms with Crippen molar-refractivity contribution in [1.82, 2.24) is 0 Å². The predicted octanol–water partition coefficient (Wildman–Crippen LogP) is 4.66. The van der Waals surface area contributed by atoms with Gasteiger partial charge in [0.1, 0.15) is 5.75 Å². The van der Waals surface area contributed by atoms with Crippen molar-refractivity contribution in [3.05, 3.63) is 35.9 Å². The first-order valence-corrected chi connectivity index (χ1v) is 8.15. The maximum Gasteiger partial charge on any atom is 0.471 e. The van der Waals surface area contributed by atoms with Gasteiger partial charge in [-0.15, -0.1) is 11.6 Å². The lowest BCUT2D eigenvalue weighted by Gasteiger charge is -2.19. The first-order valence-electron chi connectivity index (χ1n) is 6.88. The van der Waals surface area contributed by atoms with E-state index in [0.29, 0.717) is 21.2 Å². The van der Waals surface area contributed by atoms with E-state index < -0.39 is 26.7 Å². The van der Waals surface area contributed by atoms with E-state index in [0.717, 1.165) is 0 Å². The summed E-state index contributed by atoms with van der Waals surface area (Å²) in [7, 11) is -0.642. The minimum atomic E-state index is -5.00. The van der Waals surface area contributed by atoms with Gasteiger partial charge in [-0.05, 0) is 10.9 Å². The lowest BCUT2D eigenvalue weighted by Crippen LogP contribution is -2.40. The number of anilines is 1. The largest absolute Gasteiger partial charge is 0.471 e. The van der Waals surface area contributed by atoms with Crippen LogP contribution in [0.4, 0.5) is 18.9 Å². The average molecular weight is 376 g/mol. The Morgan fingerprint density at radius 1 is 1.33 bits per heavy atom.